The van der Waals surface area contributed by atoms with Crippen molar-refractivity contribution in [1.82, 2.24) is 5.43 Å². The van der Waals surface area contributed by atoms with Gasteiger partial charge in [0.2, 0.25) is 0 Å². The van der Waals surface area contributed by atoms with Crippen LogP contribution >= 0.6 is 0 Å². The molecule has 0 heterocycles. The molecule has 0 aliphatic rings. The van der Waals surface area contributed by atoms with Crippen LogP contribution in [0.3, 0.4) is 0 Å². The number of carbonyl (C=O) groups excluding carboxylic acids is 3. The lowest BCUT2D eigenvalue weighted by molar-refractivity contribution is -0.136. The van der Waals surface area contributed by atoms with E-state index in [1.54, 1.807) is 36.4 Å². The van der Waals surface area contributed by atoms with Gasteiger partial charge in [-0.1, -0.05) is 37.3 Å². The van der Waals surface area contributed by atoms with Crippen molar-refractivity contribution in [2.75, 3.05) is 17.2 Å². The van der Waals surface area contributed by atoms with Gasteiger partial charge in [-0.15, -0.1) is 0 Å². The molecular formula is C25H23FN4O4. The summed E-state index contributed by atoms with van der Waals surface area (Å²) >= 11 is 0. The lowest BCUT2D eigenvalue weighted by atomic mass is 10.1. The van der Waals surface area contributed by atoms with E-state index in [2.05, 4.69) is 21.2 Å². The predicted molar refractivity (Wildman–Crippen MR) is 127 cm³/mol. The molecule has 0 unspecified atom stereocenters. The molecule has 3 aromatic rings. The molecule has 9 heteroatoms. The number of aryl methyl sites for hydroxylation is 1. The van der Waals surface area contributed by atoms with Gasteiger partial charge < -0.3 is 15.4 Å². The summed E-state index contributed by atoms with van der Waals surface area (Å²) in [5, 5.41) is 8.96. The number of anilines is 2. The van der Waals surface area contributed by atoms with Gasteiger partial charge in [-0.25, -0.2) is 9.82 Å². The van der Waals surface area contributed by atoms with E-state index in [0.29, 0.717) is 29.1 Å². The van der Waals surface area contributed by atoms with Gasteiger partial charge in [-0.2, -0.15) is 5.10 Å². The number of benzene rings is 3. The molecule has 0 atom stereocenters. The predicted octanol–water partition coefficient (Wildman–Crippen LogP) is 3.49. The summed E-state index contributed by atoms with van der Waals surface area (Å²) in [5.74, 6) is -2.27. The molecule has 34 heavy (non-hydrogen) atoms. The Morgan fingerprint density at radius 2 is 1.62 bits per heavy atom. The van der Waals surface area contributed by atoms with Crippen LogP contribution in [0.1, 0.15) is 18.1 Å². The van der Waals surface area contributed by atoms with Crippen molar-refractivity contribution in [1.29, 1.82) is 0 Å². The number of para-hydroxylation sites is 2. The molecule has 3 amide bonds. The number of hydrogen-bond acceptors (Lipinski definition) is 5. The van der Waals surface area contributed by atoms with Crippen LogP contribution in [0, 0.1) is 5.82 Å². The van der Waals surface area contributed by atoms with Crippen molar-refractivity contribution in [3.8, 4) is 5.75 Å². The van der Waals surface area contributed by atoms with Crippen LogP contribution in [0.25, 0.3) is 0 Å². The van der Waals surface area contributed by atoms with Crippen LogP contribution in [-0.4, -0.2) is 30.5 Å². The smallest absolute Gasteiger partial charge is 0.329 e. The van der Waals surface area contributed by atoms with Crippen LogP contribution in [0.2, 0.25) is 0 Å². The molecule has 0 radical (unpaired) electrons. The van der Waals surface area contributed by atoms with Gasteiger partial charge in [0, 0.05) is 16.9 Å². The maximum Gasteiger partial charge on any atom is 0.329 e. The first-order valence-corrected chi connectivity index (χ1v) is 10.5. The zero-order valence-electron chi connectivity index (χ0n) is 18.4. The Hall–Kier alpha value is -4.53. The van der Waals surface area contributed by atoms with E-state index in [1.165, 1.54) is 30.5 Å². The summed E-state index contributed by atoms with van der Waals surface area (Å²) < 4.78 is 18.5. The molecule has 174 valence electrons. The molecule has 3 aromatic carbocycles. The van der Waals surface area contributed by atoms with Gasteiger partial charge in [0.25, 0.3) is 5.91 Å². The summed E-state index contributed by atoms with van der Waals surface area (Å²) in [5.41, 5.74) is 4.56. The number of ether oxygens (including phenoxy) is 1. The standard InChI is InChI=1S/C25H23FN4O4/c1-2-17-7-3-5-9-21(17)29-24(32)25(33)30-27-15-18-8-4-6-10-22(18)34-16-23(31)28-20-13-11-19(26)12-14-20/h3-15H,2,16H2,1H3,(H,28,31)(H,29,32)(H,30,33)/b27-15-. The molecule has 0 spiro atoms. The fraction of sp³-hybridized carbons (Fsp3) is 0.120. The van der Waals surface area contributed by atoms with Crippen molar-refractivity contribution in [3.63, 3.8) is 0 Å². The largest absolute Gasteiger partial charge is 0.483 e. The van der Waals surface area contributed by atoms with E-state index in [4.69, 9.17) is 4.74 Å². The highest BCUT2D eigenvalue weighted by Gasteiger charge is 2.14. The number of hydrazone groups is 1. The van der Waals surface area contributed by atoms with E-state index in [-0.39, 0.29) is 6.61 Å². The number of rotatable bonds is 8. The Labute approximate surface area is 195 Å². The van der Waals surface area contributed by atoms with Crippen molar-refractivity contribution in [2.45, 2.75) is 13.3 Å². The van der Waals surface area contributed by atoms with Gasteiger partial charge >= 0.3 is 11.8 Å². The van der Waals surface area contributed by atoms with E-state index in [9.17, 15) is 18.8 Å². The molecule has 0 aliphatic carbocycles. The summed E-state index contributed by atoms with van der Waals surface area (Å²) in [6.07, 6.45) is 2.01. The molecule has 8 nitrogen and oxygen atoms in total. The molecule has 3 rings (SSSR count). The number of halogens is 1. The zero-order chi connectivity index (χ0) is 24.3. The highest BCUT2D eigenvalue weighted by molar-refractivity contribution is 6.39. The Morgan fingerprint density at radius 1 is 0.912 bits per heavy atom. The summed E-state index contributed by atoms with van der Waals surface area (Å²) in [4.78, 5) is 36.3. The quantitative estimate of drug-likeness (QED) is 0.270. The van der Waals surface area contributed by atoms with Crippen molar-refractivity contribution < 1.29 is 23.5 Å². The Morgan fingerprint density at radius 3 is 2.38 bits per heavy atom. The number of nitrogens with one attached hydrogen (secondary N) is 3. The molecule has 0 aromatic heterocycles. The fourth-order valence-electron chi connectivity index (χ4n) is 2.93. The maximum absolute atomic E-state index is 13.0. The number of amides is 3. The minimum atomic E-state index is -0.931. The molecule has 0 aliphatic heterocycles. The lowest BCUT2D eigenvalue weighted by Gasteiger charge is -2.10. The highest BCUT2D eigenvalue weighted by atomic mass is 19.1. The molecule has 0 bridgehead atoms. The van der Waals surface area contributed by atoms with Crippen LogP contribution in [0.5, 0.6) is 5.75 Å². The summed E-state index contributed by atoms with van der Waals surface area (Å²) in [7, 11) is 0. The van der Waals surface area contributed by atoms with Gasteiger partial charge in [-0.05, 0) is 54.4 Å². The average Bonchev–Trinajstić information content (AvgIpc) is 2.85. The molecule has 0 fully saturated rings. The van der Waals surface area contributed by atoms with E-state index < -0.39 is 23.5 Å². The third kappa shape index (κ3) is 6.99. The molecule has 0 saturated heterocycles. The second kappa shape index (κ2) is 11.9. The zero-order valence-corrected chi connectivity index (χ0v) is 18.4. The van der Waals surface area contributed by atoms with Crippen LogP contribution in [-0.2, 0) is 20.8 Å². The lowest BCUT2D eigenvalue weighted by Crippen LogP contribution is -2.32. The second-order valence-corrected chi connectivity index (χ2v) is 7.05. The minimum absolute atomic E-state index is 0.298. The average molecular weight is 462 g/mol. The first kappa shape index (κ1) is 24.1. The van der Waals surface area contributed by atoms with Crippen molar-refractivity contribution in [2.24, 2.45) is 5.10 Å². The summed E-state index contributed by atoms with van der Waals surface area (Å²) in [6.45, 7) is 1.65. The first-order valence-electron chi connectivity index (χ1n) is 10.5. The normalized spacial score (nSPS) is 10.5. The number of hydrogen-bond donors (Lipinski definition) is 3. The monoisotopic (exact) mass is 462 g/mol. The molecule has 0 saturated carbocycles. The fourth-order valence-corrected chi connectivity index (χ4v) is 2.93. The van der Waals surface area contributed by atoms with E-state index in [1.807, 2.05) is 19.1 Å². The third-order valence-electron chi connectivity index (χ3n) is 4.63. The van der Waals surface area contributed by atoms with Gasteiger partial charge in [0.05, 0.1) is 6.21 Å². The van der Waals surface area contributed by atoms with E-state index >= 15 is 0 Å². The summed E-state index contributed by atoms with van der Waals surface area (Å²) in [6, 6.07) is 19.3. The SMILES string of the molecule is CCc1ccccc1NC(=O)C(=O)N/N=C\c1ccccc1OCC(=O)Nc1ccc(F)cc1. The minimum Gasteiger partial charge on any atom is -0.483 e. The Balaban J connectivity index is 1.54. The van der Waals surface area contributed by atoms with Gasteiger partial charge in [0.15, 0.2) is 6.61 Å². The first-order chi connectivity index (χ1) is 16.5. The Kier molecular flexibility index (Phi) is 8.45. The highest BCUT2D eigenvalue weighted by Crippen LogP contribution is 2.17. The third-order valence-corrected chi connectivity index (χ3v) is 4.63. The number of nitrogens with zero attached hydrogens (tertiary/aromatic N) is 1. The van der Waals surface area contributed by atoms with Crippen molar-refractivity contribution in [3.05, 3.63) is 89.7 Å². The van der Waals surface area contributed by atoms with Gasteiger partial charge in [0.1, 0.15) is 11.6 Å². The van der Waals surface area contributed by atoms with Crippen molar-refractivity contribution >= 4 is 35.3 Å². The molecular weight excluding hydrogens is 439 g/mol. The van der Waals surface area contributed by atoms with Gasteiger partial charge in [-0.3, -0.25) is 14.4 Å². The Bertz CT molecular complexity index is 1200. The topological polar surface area (TPSA) is 109 Å². The number of carbonyl (C=O) groups is 3. The van der Waals surface area contributed by atoms with Crippen LogP contribution in [0.4, 0.5) is 15.8 Å². The van der Waals surface area contributed by atoms with E-state index in [0.717, 1.165) is 5.56 Å². The van der Waals surface area contributed by atoms with Crippen LogP contribution < -0.4 is 20.8 Å². The second-order valence-electron chi connectivity index (χ2n) is 7.05. The molecule has 3 N–H and O–H groups in total. The maximum atomic E-state index is 13.0. The van der Waals surface area contributed by atoms with Crippen LogP contribution in [0.15, 0.2) is 77.9 Å².